The molecule has 1 aromatic carbocycles. The largest absolute Gasteiger partial charge is 0.287 e. The Bertz CT molecular complexity index is 451. The van der Waals surface area contributed by atoms with Crippen LogP contribution in [0.25, 0.3) is 0 Å². The minimum Gasteiger partial charge on any atom is -0.287 e. The third kappa shape index (κ3) is 3.15. The van der Waals surface area contributed by atoms with Gasteiger partial charge in [0.15, 0.2) is 5.12 Å². The van der Waals surface area contributed by atoms with Crippen molar-refractivity contribution in [3.63, 3.8) is 0 Å². The fourth-order valence-corrected chi connectivity index (χ4v) is 6.62. The molecule has 0 N–H and O–H groups in total. The van der Waals surface area contributed by atoms with Crippen molar-refractivity contribution in [2.45, 2.75) is 38.8 Å². The molecule has 96 valence electrons. The second kappa shape index (κ2) is 5.89. The SMILES string of the molecule is C[Si](C)(/C1=C/CCCCC(=O)S1)c1ccccc1. The first-order valence-electron chi connectivity index (χ1n) is 6.57. The van der Waals surface area contributed by atoms with E-state index in [1.807, 2.05) is 0 Å². The first kappa shape index (κ1) is 13.6. The first-order valence-corrected chi connectivity index (χ1v) is 10.4. The minimum atomic E-state index is -1.67. The van der Waals surface area contributed by atoms with Gasteiger partial charge < -0.3 is 0 Å². The van der Waals surface area contributed by atoms with E-state index in [-0.39, 0.29) is 0 Å². The highest BCUT2D eigenvalue weighted by atomic mass is 32.2. The van der Waals surface area contributed by atoms with Gasteiger partial charge in [0.1, 0.15) is 8.07 Å². The molecule has 18 heavy (non-hydrogen) atoms. The highest BCUT2D eigenvalue weighted by Gasteiger charge is 2.30. The van der Waals surface area contributed by atoms with Gasteiger partial charge in [-0.05, 0) is 23.8 Å². The van der Waals surface area contributed by atoms with Crippen LogP contribution >= 0.6 is 11.8 Å². The van der Waals surface area contributed by atoms with Gasteiger partial charge in [0.2, 0.25) is 0 Å². The van der Waals surface area contributed by atoms with Crippen molar-refractivity contribution in [1.82, 2.24) is 0 Å². The Hall–Kier alpha value is -0.803. The van der Waals surface area contributed by atoms with E-state index in [1.54, 1.807) is 0 Å². The van der Waals surface area contributed by atoms with E-state index >= 15 is 0 Å². The zero-order valence-corrected chi connectivity index (χ0v) is 12.9. The third-order valence-corrected chi connectivity index (χ3v) is 9.37. The Balaban J connectivity index is 2.30. The van der Waals surface area contributed by atoms with Gasteiger partial charge in [0.05, 0.1) is 0 Å². The van der Waals surface area contributed by atoms with Crippen LogP contribution in [0.1, 0.15) is 25.7 Å². The Morgan fingerprint density at radius 3 is 2.56 bits per heavy atom. The number of hydrogen-bond acceptors (Lipinski definition) is 2. The highest BCUT2D eigenvalue weighted by Crippen LogP contribution is 2.31. The summed E-state index contributed by atoms with van der Waals surface area (Å²) in [7, 11) is -1.67. The quantitative estimate of drug-likeness (QED) is 0.763. The molecule has 3 heteroatoms. The molecule has 0 unspecified atom stereocenters. The van der Waals surface area contributed by atoms with Crippen LogP contribution in [0.3, 0.4) is 0 Å². The smallest absolute Gasteiger partial charge is 0.192 e. The molecule has 1 nitrogen and oxygen atoms in total. The summed E-state index contributed by atoms with van der Waals surface area (Å²) in [6, 6.07) is 10.7. The van der Waals surface area contributed by atoms with E-state index in [4.69, 9.17) is 0 Å². The van der Waals surface area contributed by atoms with Crippen LogP contribution < -0.4 is 5.19 Å². The molecule has 0 fully saturated rings. The summed E-state index contributed by atoms with van der Waals surface area (Å²) < 4.78 is 1.35. The van der Waals surface area contributed by atoms with Gasteiger partial charge in [0, 0.05) is 6.42 Å². The molecule has 0 aromatic heterocycles. The molecule has 1 heterocycles. The summed E-state index contributed by atoms with van der Waals surface area (Å²) in [5.74, 6) is 0. The van der Waals surface area contributed by atoms with Gasteiger partial charge in [0.25, 0.3) is 0 Å². The number of thioether (sulfide) groups is 1. The van der Waals surface area contributed by atoms with Crippen LogP contribution in [0.4, 0.5) is 0 Å². The summed E-state index contributed by atoms with van der Waals surface area (Å²) in [6.45, 7) is 4.69. The minimum absolute atomic E-state index is 0.345. The zero-order chi connectivity index (χ0) is 13.0. The number of benzene rings is 1. The van der Waals surface area contributed by atoms with Crippen LogP contribution in [0.5, 0.6) is 0 Å². The van der Waals surface area contributed by atoms with Gasteiger partial charge in [-0.25, -0.2) is 0 Å². The number of hydrogen-bond donors (Lipinski definition) is 0. The van der Waals surface area contributed by atoms with Crippen LogP contribution in [0, 0.1) is 0 Å². The van der Waals surface area contributed by atoms with E-state index in [0.29, 0.717) is 5.12 Å². The molecular weight excluding hydrogens is 256 g/mol. The van der Waals surface area contributed by atoms with Gasteiger partial charge in [-0.2, -0.15) is 0 Å². The molecule has 2 rings (SSSR count). The zero-order valence-electron chi connectivity index (χ0n) is 11.1. The lowest BCUT2D eigenvalue weighted by Crippen LogP contribution is -2.43. The van der Waals surface area contributed by atoms with Gasteiger partial charge in [-0.1, -0.05) is 66.5 Å². The topological polar surface area (TPSA) is 17.1 Å². The second-order valence-corrected chi connectivity index (χ2v) is 11.1. The first-order chi connectivity index (χ1) is 8.60. The van der Waals surface area contributed by atoms with Crippen molar-refractivity contribution in [3.8, 4) is 0 Å². The molecule has 0 atom stereocenters. The molecule has 1 aliphatic heterocycles. The van der Waals surface area contributed by atoms with Crippen LogP contribution in [-0.4, -0.2) is 13.2 Å². The van der Waals surface area contributed by atoms with Gasteiger partial charge >= 0.3 is 0 Å². The van der Waals surface area contributed by atoms with E-state index in [9.17, 15) is 4.79 Å². The van der Waals surface area contributed by atoms with Crippen molar-refractivity contribution in [1.29, 1.82) is 0 Å². The Morgan fingerprint density at radius 2 is 1.83 bits per heavy atom. The number of allylic oxidation sites excluding steroid dienone is 1. The molecule has 0 radical (unpaired) electrons. The molecule has 0 amide bonds. The Labute approximate surface area is 115 Å². The Kier molecular flexibility index (Phi) is 4.46. The maximum atomic E-state index is 11.9. The second-order valence-electron chi connectivity index (χ2n) is 5.28. The predicted molar refractivity (Wildman–Crippen MR) is 82.7 cm³/mol. The summed E-state index contributed by atoms with van der Waals surface area (Å²) in [5.41, 5.74) is 0. The van der Waals surface area contributed by atoms with Crippen LogP contribution in [-0.2, 0) is 4.79 Å². The average Bonchev–Trinajstić information content (AvgIpc) is 2.34. The molecule has 1 aliphatic rings. The lowest BCUT2D eigenvalue weighted by Gasteiger charge is -2.26. The van der Waals surface area contributed by atoms with E-state index < -0.39 is 8.07 Å². The summed E-state index contributed by atoms with van der Waals surface area (Å²) in [4.78, 5) is 11.9. The van der Waals surface area contributed by atoms with Gasteiger partial charge in [-0.3, -0.25) is 4.79 Å². The maximum absolute atomic E-state index is 11.9. The molecule has 0 spiro atoms. The van der Waals surface area contributed by atoms with Crippen molar-refractivity contribution in [2.24, 2.45) is 0 Å². The third-order valence-electron chi connectivity index (χ3n) is 3.50. The number of carbonyl (C=O) groups is 1. The fourth-order valence-electron chi connectivity index (χ4n) is 2.24. The monoisotopic (exact) mass is 276 g/mol. The average molecular weight is 276 g/mol. The molecule has 0 bridgehead atoms. The summed E-state index contributed by atoms with van der Waals surface area (Å²) >= 11 is 1.51. The van der Waals surface area contributed by atoms with E-state index in [2.05, 4.69) is 49.5 Å². The lowest BCUT2D eigenvalue weighted by atomic mass is 10.2. The number of carbonyl (C=O) groups excluding carboxylic acids is 1. The normalized spacial score (nSPS) is 20.8. The Morgan fingerprint density at radius 1 is 1.11 bits per heavy atom. The number of rotatable bonds is 2. The molecule has 1 aromatic rings. The molecule has 0 saturated carbocycles. The maximum Gasteiger partial charge on any atom is 0.192 e. The summed E-state index contributed by atoms with van der Waals surface area (Å²) in [5, 5.41) is 1.76. The highest BCUT2D eigenvalue weighted by molar-refractivity contribution is 8.18. The van der Waals surface area contributed by atoms with Gasteiger partial charge in [-0.15, -0.1) is 0 Å². The predicted octanol–water partition coefficient (Wildman–Crippen LogP) is 3.86. The van der Waals surface area contributed by atoms with Crippen molar-refractivity contribution >= 4 is 30.1 Å². The van der Waals surface area contributed by atoms with Crippen LogP contribution in [0.15, 0.2) is 40.9 Å². The van der Waals surface area contributed by atoms with E-state index in [1.165, 1.54) is 21.5 Å². The van der Waals surface area contributed by atoms with Crippen molar-refractivity contribution in [2.75, 3.05) is 0 Å². The standard InChI is InChI=1S/C15H20OSSi/c1-18(2,13-9-5-3-6-10-13)15-12-8-4-7-11-14(16)17-15/h3,5-6,9-10,12H,4,7-8,11H2,1-2H3/b15-12+. The summed E-state index contributed by atoms with van der Waals surface area (Å²) in [6.07, 6.45) is 6.37. The fraction of sp³-hybridized carbons (Fsp3) is 0.400. The van der Waals surface area contributed by atoms with Crippen LogP contribution in [0.2, 0.25) is 13.1 Å². The lowest BCUT2D eigenvalue weighted by molar-refractivity contribution is -0.111. The molecule has 0 saturated heterocycles. The van der Waals surface area contributed by atoms with Crippen molar-refractivity contribution in [3.05, 3.63) is 40.9 Å². The van der Waals surface area contributed by atoms with Crippen molar-refractivity contribution < 1.29 is 4.79 Å². The molecule has 0 aliphatic carbocycles. The molecular formula is C15H20OSSi. The van der Waals surface area contributed by atoms with E-state index in [0.717, 1.165) is 25.7 Å².